The van der Waals surface area contributed by atoms with Crippen molar-refractivity contribution in [1.82, 2.24) is 4.98 Å². The molecule has 0 spiro atoms. The molecule has 0 aliphatic rings. The van der Waals surface area contributed by atoms with Gasteiger partial charge in [-0.15, -0.1) is 0 Å². The third kappa shape index (κ3) is 2.11. The van der Waals surface area contributed by atoms with Crippen molar-refractivity contribution in [1.29, 1.82) is 0 Å². The molecule has 0 unspecified atom stereocenters. The SMILES string of the molecule is OCc1nc(-c2c(F)c(F)c(F)c(F)c2F)ccc1F. The van der Waals surface area contributed by atoms with Crippen LogP contribution in [0.2, 0.25) is 0 Å². The fourth-order valence-electron chi connectivity index (χ4n) is 1.56. The van der Waals surface area contributed by atoms with Crippen LogP contribution < -0.4 is 0 Å². The second-order valence-electron chi connectivity index (χ2n) is 3.73. The van der Waals surface area contributed by atoms with Gasteiger partial charge in [-0.2, -0.15) is 0 Å². The molecule has 8 heteroatoms. The van der Waals surface area contributed by atoms with Crippen LogP contribution in [0.3, 0.4) is 0 Å². The summed E-state index contributed by atoms with van der Waals surface area (Å²) in [6, 6.07) is 1.44. The van der Waals surface area contributed by atoms with E-state index in [0.717, 1.165) is 6.07 Å². The highest BCUT2D eigenvalue weighted by Gasteiger charge is 2.27. The molecule has 1 aromatic carbocycles. The molecule has 0 bridgehead atoms. The third-order valence-electron chi connectivity index (χ3n) is 2.53. The van der Waals surface area contributed by atoms with Gasteiger partial charge in [0.05, 0.1) is 17.9 Å². The largest absolute Gasteiger partial charge is 0.390 e. The number of halogens is 6. The molecule has 2 nitrogen and oxygen atoms in total. The van der Waals surface area contributed by atoms with E-state index >= 15 is 0 Å². The van der Waals surface area contributed by atoms with Gasteiger partial charge < -0.3 is 5.11 Å². The Hall–Kier alpha value is -2.09. The number of aliphatic hydroxyl groups is 1. The molecular weight excluding hydrogens is 288 g/mol. The molecule has 2 aromatic rings. The van der Waals surface area contributed by atoms with Crippen molar-refractivity contribution in [3.63, 3.8) is 0 Å². The smallest absolute Gasteiger partial charge is 0.200 e. The normalized spacial score (nSPS) is 10.9. The van der Waals surface area contributed by atoms with Gasteiger partial charge in [0.15, 0.2) is 23.3 Å². The van der Waals surface area contributed by atoms with Gasteiger partial charge in [0.2, 0.25) is 5.82 Å². The summed E-state index contributed by atoms with van der Waals surface area (Å²) in [5.41, 5.74) is -2.54. The Bertz CT molecular complexity index is 659. The molecule has 20 heavy (non-hydrogen) atoms. The number of aromatic nitrogens is 1. The van der Waals surface area contributed by atoms with Crippen molar-refractivity contribution in [2.45, 2.75) is 6.61 Å². The summed E-state index contributed by atoms with van der Waals surface area (Å²) in [6.07, 6.45) is 0. The minimum Gasteiger partial charge on any atom is -0.390 e. The van der Waals surface area contributed by atoms with Crippen molar-refractivity contribution in [2.24, 2.45) is 0 Å². The molecule has 0 saturated heterocycles. The number of nitrogens with zero attached hydrogens (tertiary/aromatic N) is 1. The van der Waals surface area contributed by atoms with Crippen LogP contribution in [0.25, 0.3) is 11.3 Å². The topological polar surface area (TPSA) is 33.1 Å². The number of aliphatic hydroxyl groups excluding tert-OH is 1. The Morgan fingerprint density at radius 3 is 1.80 bits per heavy atom. The van der Waals surface area contributed by atoms with Crippen LogP contribution in [0.1, 0.15) is 5.69 Å². The number of hydrogen-bond donors (Lipinski definition) is 1. The molecule has 0 atom stereocenters. The van der Waals surface area contributed by atoms with E-state index in [2.05, 4.69) is 4.98 Å². The van der Waals surface area contributed by atoms with E-state index in [9.17, 15) is 26.3 Å². The highest BCUT2D eigenvalue weighted by Crippen LogP contribution is 2.30. The van der Waals surface area contributed by atoms with E-state index in [4.69, 9.17) is 5.11 Å². The number of benzene rings is 1. The number of pyridine rings is 1. The Labute approximate surface area is 108 Å². The predicted molar refractivity (Wildman–Crippen MR) is 55.3 cm³/mol. The molecule has 0 radical (unpaired) electrons. The van der Waals surface area contributed by atoms with Gasteiger partial charge in [-0.05, 0) is 12.1 Å². The van der Waals surface area contributed by atoms with Gasteiger partial charge in [0.1, 0.15) is 11.5 Å². The Morgan fingerprint density at radius 1 is 0.800 bits per heavy atom. The van der Waals surface area contributed by atoms with Crippen LogP contribution in [0.5, 0.6) is 0 Å². The zero-order valence-electron chi connectivity index (χ0n) is 9.52. The minimum atomic E-state index is -2.30. The van der Waals surface area contributed by atoms with E-state index in [0.29, 0.717) is 6.07 Å². The lowest BCUT2D eigenvalue weighted by atomic mass is 10.1. The fraction of sp³-hybridized carbons (Fsp3) is 0.0833. The first-order valence-corrected chi connectivity index (χ1v) is 5.16. The molecule has 0 fully saturated rings. The monoisotopic (exact) mass is 293 g/mol. The van der Waals surface area contributed by atoms with E-state index in [1.54, 1.807) is 0 Å². The van der Waals surface area contributed by atoms with Gasteiger partial charge in [-0.3, -0.25) is 0 Å². The van der Waals surface area contributed by atoms with Crippen molar-refractivity contribution in [3.8, 4) is 11.3 Å². The maximum Gasteiger partial charge on any atom is 0.200 e. The lowest BCUT2D eigenvalue weighted by Gasteiger charge is -2.09. The van der Waals surface area contributed by atoms with Crippen LogP contribution in [-0.4, -0.2) is 10.1 Å². The van der Waals surface area contributed by atoms with Crippen LogP contribution in [-0.2, 0) is 6.61 Å². The summed E-state index contributed by atoms with van der Waals surface area (Å²) in [5.74, 6) is -11.7. The first-order chi connectivity index (χ1) is 9.38. The second-order valence-corrected chi connectivity index (χ2v) is 3.73. The summed E-state index contributed by atoms with van der Waals surface area (Å²) in [4.78, 5) is 3.33. The standard InChI is InChI=1S/C12H5F6NO/c13-4-1-2-5(19-6(4)3-20)7-8(14)10(16)12(18)11(17)9(7)15/h1-2,20H,3H2. The van der Waals surface area contributed by atoms with E-state index < -0.39 is 58.5 Å². The van der Waals surface area contributed by atoms with Crippen LogP contribution in [0.15, 0.2) is 12.1 Å². The average Bonchev–Trinajstić information content (AvgIpc) is 2.45. The highest BCUT2D eigenvalue weighted by molar-refractivity contribution is 5.61. The summed E-state index contributed by atoms with van der Waals surface area (Å²) < 4.78 is 79.1. The maximum absolute atomic E-state index is 13.5. The van der Waals surface area contributed by atoms with Crippen molar-refractivity contribution >= 4 is 0 Å². The van der Waals surface area contributed by atoms with E-state index in [1.165, 1.54) is 0 Å². The van der Waals surface area contributed by atoms with Gasteiger partial charge >= 0.3 is 0 Å². The molecule has 0 aliphatic heterocycles. The molecule has 106 valence electrons. The quantitative estimate of drug-likeness (QED) is 0.524. The average molecular weight is 293 g/mol. The first-order valence-electron chi connectivity index (χ1n) is 5.16. The summed E-state index contributed by atoms with van der Waals surface area (Å²) in [7, 11) is 0. The van der Waals surface area contributed by atoms with E-state index in [1.807, 2.05) is 0 Å². The molecule has 0 saturated carbocycles. The van der Waals surface area contributed by atoms with Crippen molar-refractivity contribution in [3.05, 3.63) is 52.7 Å². The summed E-state index contributed by atoms with van der Waals surface area (Å²) in [5, 5.41) is 8.78. The Morgan fingerprint density at radius 2 is 1.30 bits per heavy atom. The summed E-state index contributed by atoms with van der Waals surface area (Å²) in [6.45, 7) is -0.894. The second kappa shape index (κ2) is 5.12. The molecule has 0 aliphatic carbocycles. The minimum absolute atomic E-state index is 0.577. The van der Waals surface area contributed by atoms with Gasteiger partial charge in [-0.1, -0.05) is 0 Å². The maximum atomic E-state index is 13.5. The molecule has 1 aromatic heterocycles. The molecule has 1 N–H and O–H groups in total. The summed E-state index contributed by atoms with van der Waals surface area (Å²) >= 11 is 0. The van der Waals surface area contributed by atoms with Crippen LogP contribution in [0, 0.1) is 34.9 Å². The lowest BCUT2D eigenvalue weighted by molar-refractivity contribution is 0.270. The number of rotatable bonds is 2. The van der Waals surface area contributed by atoms with Gasteiger partial charge in [0, 0.05) is 0 Å². The zero-order chi connectivity index (χ0) is 15.0. The van der Waals surface area contributed by atoms with Crippen LogP contribution in [0.4, 0.5) is 26.3 Å². The lowest BCUT2D eigenvalue weighted by Crippen LogP contribution is -2.06. The molecule has 0 amide bonds. The zero-order valence-corrected chi connectivity index (χ0v) is 9.52. The molecule has 1 heterocycles. The molecular formula is C12H5F6NO. The van der Waals surface area contributed by atoms with Crippen molar-refractivity contribution < 1.29 is 31.4 Å². The van der Waals surface area contributed by atoms with Crippen molar-refractivity contribution in [2.75, 3.05) is 0 Å². The highest BCUT2D eigenvalue weighted by atomic mass is 19.2. The Kier molecular flexibility index (Phi) is 3.67. The Balaban J connectivity index is 2.76. The predicted octanol–water partition coefficient (Wildman–Crippen LogP) is 3.08. The third-order valence-corrected chi connectivity index (χ3v) is 2.53. The fourth-order valence-corrected chi connectivity index (χ4v) is 1.56. The molecule has 2 rings (SSSR count). The van der Waals surface area contributed by atoms with Gasteiger partial charge in [-0.25, -0.2) is 31.3 Å². The first kappa shape index (κ1) is 14.3. The van der Waals surface area contributed by atoms with Gasteiger partial charge in [0.25, 0.3) is 0 Å². The number of hydrogen-bond acceptors (Lipinski definition) is 2. The van der Waals surface area contributed by atoms with Crippen LogP contribution >= 0.6 is 0 Å². The van der Waals surface area contributed by atoms with E-state index in [-0.39, 0.29) is 0 Å².